The number of carbonyl (C=O) groups excluding carboxylic acids is 1. The van der Waals surface area contributed by atoms with E-state index >= 15 is 0 Å². The molecule has 2 fully saturated rings. The van der Waals surface area contributed by atoms with Crippen LogP contribution in [-0.4, -0.2) is 67.9 Å². The van der Waals surface area contributed by atoms with Crippen LogP contribution in [0.1, 0.15) is 56.8 Å². The van der Waals surface area contributed by atoms with Crippen molar-refractivity contribution in [1.29, 1.82) is 5.26 Å². The number of amides is 1. The Hall–Kier alpha value is -3.88. The third kappa shape index (κ3) is 6.81. The van der Waals surface area contributed by atoms with Crippen molar-refractivity contribution in [3.05, 3.63) is 53.6 Å². The molecule has 0 aliphatic carbocycles. The van der Waals surface area contributed by atoms with Gasteiger partial charge in [-0.25, -0.2) is 4.79 Å². The molecule has 0 aromatic heterocycles. The van der Waals surface area contributed by atoms with Gasteiger partial charge in [-0.15, -0.1) is 6.42 Å². The molecule has 0 radical (unpaired) electrons. The largest absolute Gasteiger partial charge is 0.493 e. The second-order valence-electron chi connectivity index (χ2n) is 10.7. The topological polar surface area (TPSA) is 84.3 Å². The molecule has 0 saturated carbocycles. The number of carbonyl (C=O) groups is 1. The molecule has 40 heavy (non-hydrogen) atoms. The molecule has 2 aromatic rings. The van der Waals surface area contributed by atoms with E-state index in [1.165, 1.54) is 0 Å². The summed E-state index contributed by atoms with van der Waals surface area (Å²) < 4.78 is 22.9. The molecule has 212 valence electrons. The molecular formula is C32H39N3O5. The Morgan fingerprint density at radius 3 is 2.30 bits per heavy atom. The fourth-order valence-electron chi connectivity index (χ4n) is 5.63. The van der Waals surface area contributed by atoms with E-state index in [4.69, 9.17) is 25.4 Å². The van der Waals surface area contributed by atoms with Crippen molar-refractivity contribution in [1.82, 2.24) is 9.80 Å². The highest BCUT2D eigenvalue weighted by molar-refractivity contribution is 5.68. The van der Waals surface area contributed by atoms with Gasteiger partial charge in [-0.05, 0) is 62.1 Å². The smallest absolute Gasteiger partial charge is 0.411 e. The lowest BCUT2D eigenvalue weighted by Gasteiger charge is -2.41. The highest BCUT2D eigenvalue weighted by Crippen LogP contribution is 2.35. The van der Waals surface area contributed by atoms with Crippen LogP contribution in [0, 0.1) is 29.6 Å². The maximum absolute atomic E-state index is 12.8. The van der Waals surface area contributed by atoms with Gasteiger partial charge in [0.2, 0.25) is 0 Å². The Bertz CT molecular complexity index is 1220. The fraction of sp³-hybridized carbons (Fsp3) is 0.500. The number of hydrogen-bond donors (Lipinski definition) is 0. The third-order valence-electron chi connectivity index (χ3n) is 7.82. The quantitative estimate of drug-likeness (QED) is 0.349. The second kappa shape index (κ2) is 13.5. The summed E-state index contributed by atoms with van der Waals surface area (Å²) in [6.45, 7) is 6.15. The van der Waals surface area contributed by atoms with Crippen LogP contribution in [0.15, 0.2) is 42.5 Å². The number of methoxy groups -OCH3 is 2. The Morgan fingerprint density at radius 1 is 1.05 bits per heavy atom. The van der Waals surface area contributed by atoms with Crippen LogP contribution in [0.2, 0.25) is 0 Å². The van der Waals surface area contributed by atoms with E-state index in [-0.39, 0.29) is 18.1 Å². The Kier molecular flexibility index (Phi) is 9.79. The highest BCUT2D eigenvalue weighted by Gasteiger charge is 2.41. The maximum atomic E-state index is 12.8. The predicted octanol–water partition coefficient (Wildman–Crippen LogP) is 5.42. The fourth-order valence-corrected chi connectivity index (χ4v) is 5.63. The Morgan fingerprint density at radius 2 is 1.73 bits per heavy atom. The molecule has 1 amide bonds. The van der Waals surface area contributed by atoms with Gasteiger partial charge in [-0.1, -0.05) is 31.9 Å². The summed E-state index contributed by atoms with van der Waals surface area (Å²) in [5, 5.41) is 9.23. The highest BCUT2D eigenvalue weighted by atomic mass is 16.6. The molecule has 8 heteroatoms. The number of rotatable bonds is 11. The molecule has 4 unspecified atom stereocenters. The molecule has 4 rings (SSSR count). The summed E-state index contributed by atoms with van der Waals surface area (Å²) in [5.41, 5.74) is 1.63. The first-order valence-electron chi connectivity index (χ1n) is 13.9. The Balaban J connectivity index is 1.39. The monoisotopic (exact) mass is 545 g/mol. The van der Waals surface area contributed by atoms with Gasteiger partial charge in [-0.2, -0.15) is 5.26 Å². The molecule has 2 bridgehead atoms. The lowest BCUT2D eigenvalue weighted by Crippen LogP contribution is -2.55. The van der Waals surface area contributed by atoms with Gasteiger partial charge in [0.15, 0.2) is 17.6 Å². The van der Waals surface area contributed by atoms with Gasteiger partial charge in [0.1, 0.15) is 11.9 Å². The minimum absolute atomic E-state index is 0.0808. The number of nitriles is 1. The lowest BCUT2D eigenvalue weighted by molar-refractivity contribution is 0.0271. The van der Waals surface area contributed by atoms with Crippen LogP contribution in [0.3, 0.4) is 0 Å². The first-order chi connectivity index (χ1) is 19.4. The average molecular weight is 546 g/mol. The second-order valence-corrected chi connectivity index (χ2v) is 10.7. The minimum atomic E-state index is -0.506. The van der Waals surface area contributed by atoms with Crippen molar-refractivity contribution in [2.75, 3.05) is 33.9 Å². The summed E-state index contributed by atoms with van der Waals surface area (Å²) >= 11 is 0. The van der Waals surface area contributed by atoms with Crippen LogP contribution < -0.4 is 14.2 Å². The van der Waals surface area contributed by atoms with Crippen molar-refractivity contribution in [2.45, 2.75) is 63.8 Å². The zero-order valence-corrected chi connectivity index (χ0v) is 23.8. The van der Waals surface area contributed by atoms with E-state index in [0.717, 1.165) is 37.8 Å². The molecule has 2 saturated heterocycles. The standard InChI is InChI=1S/C32H39N3O5/c1-6-28(22(2)3)40-32(36)34-20-25-13-14-26(21-34)35(25)17-7-8-29(24-11-9-23(19-33)10-12-24)39-27-15-16-30(37-4)31(18-27)38-5/h1,9-12,15-16,18,22,25-26,28-29H,7-8,13-14,17,20-21H2,2-5H3. The van der Waals surface area contributed by atoms with E-state index in [0.29, 0.717) is 48.0 Å². The van der Waals surface area contributed by atoms with Gasteiger partial charge >= 0.3 is 6.09 Å². The molecule has 2 aliphatic heterocycles. The van der Waals surface area contributed by atoms with Gasteiger partial charge in [0.25, 0.3) is 0 Å². The number of hydrogen-bond acceptors (Lipinski definition) is 7. The zero-order valence-electron chi connectivity index (χ0n) is 23.8. The first-order valence-corrected chi connectivity index (χ1v) is 13.9. The number of fused-ring (bicyclic) bond motifs is 2. The average Bonchev–Trinajstić information content (AvgIpc) is 3.20. The number of nitrogens with zero attached hydrogens (tertiary/aromatic N) is 3. The number of benzene rings is 2. The molecule has 4 atom stereocenters. The SMILES string of the molecule is C#CC(OC(=O)N1CC2CCC(C1)N2CCCC(Oc1ccc(OC)c(OC)c1)c1ccc(C#N)cc1)C(C)C. The maximum Gasteiger partial charge on any atom is 0.411 e. The summed E-state index contributed by atoms with van der Waals surface area (Å²) in [5.74, 6) is 4.60. The van der Waals surface area contributed by atoms with Crippen molar-refractivity contribution in [3.63, 3.8) is 0 Å². The van der Waals surface area contributed by atoms with Crippen LogP contribution in [0.5, 0.6) is 17.2 Å². The van der Waals surface area contributed by atoms with Crippen molar-refractivity contribution < 1.29 is 23.7 Å². The van der Waals surface area contributed by atoms with Crippen LogP contribution in [0.25, 0.3) is 0 Å². The molecule has 2 heterocycles. The van der Waals surface area contributed by atoms with Gasteiger partial charge in [0, 0.05) is 37.2 Å². The van der Waals surface area contributed by atoms with Crippen LogP contribution >= 0.6 is 0 Å². The van der Waals surface area contributed by atoms with E-state index < -0.39 is 6.10 Å². The molecular weight excluding hydrogens is 506 g/mol. The van der Waals surface area contributed by atoms with Crippen LogP contribution in [0.4, 0.5) is 4.79 Å². The molecule has 0 spiro atoms. The van der Waals surface area contributed by atoms with Crippen molar-refractivity contribution in [3.8, 4) is 35.7 Å². The van der Waals surface area contributed by atoms with Crippen LogP contribution in [-0.2, 0) is 4.74 Å². The van der Waals surface area contributed by atoms with E-state index in [2.05, 4.69) is 16.9 Å². The number of piperazine rings is 1. The Labute approximate surface area is 237 Å². The molecule has 2 aliphatic rings. The predicted molar refractivity (Wildman–Crippen MR) is 152 cm³/mol. The van der Waals surface area contributed by atoms with Crippen molar-refractivity contribution in [2.24, 2.45) is 5.92 Å². The molecule has 2 aromatic carbocycles. The van der Waals surface area contributed by atoms with E-state index in [1.54, 1.807) is 14.2 Å². The summed E-state index contributed by atoms with van der Waals surface area (Å²) in [6.07, 6.45) is 8.40. The third-order valence-corrected chi connectivity index (χ3v) is 7.82. The first kappa shape index (κ1) is 29.1. The van der Waals surface area contributed by atoms with E-state index in [1.807, 2.05) is 61.2 Å². The van der Waals surface area contributed by atoms with Crippen molar-refractivity contribution >= 4 is 6.09 Å². The van der Waals surface area contributed by atoms with E-state index in [9.17, 15) is 10.1 Å². The van der Waals surface area contributed by atoms with Gasteiger partial charge < -0.3 is 23.8 Å². The van der Waals surface area contributed by atoms with Gasteiger partial charge in [0.05, 0.1) is 25.9 Å². The number of likely N-dealkylation sites (tertiary alicyclic amines) is 1. The number of ether oxygens (including phenoxy) is 4. The van der Waals surface area contributed by atoms with Gasteiger partial charge in [-0.3, -0.25) is 4.90 Å². The summed E-state index contributed by atoms with van der Waals surface area (Å²) in [4.78, 5) is 17.2. The zero-order chi connectivity index (χ0) is 28.6. The summed E-state index contributed by atoms with van der Waals surface area (Å²) in [6, 6.07) is 15.9. The summed E-state index contributed by atoms with van der Waals surface area (Å²) in [7, 11) is 3.21. The normalized spacial score (nSPS) is 19.8. The lowest BCUT2D eigenvalue weighted by atomic mass is 10.0. The number of terminal acetylenes is 1. The molecule has 0 N–H and O–H groups in total. The minimum Gasteiger partial charge on any atom is -0.493 e. The molecule has 8 nitrogen and oxygen atoms in total.